The highest BCUT2D eigenvalue weighted by Crippen LogP contribution is 2.33. The highest BCUT2D eigenvalue weighted by atomic mass is 35.5. The molecule has 5 N–H and O–H groups in total. The van der Waals surface area contributed by atoms with E-state index in [9.17, 15) is 29.1 Å². The van der Waals surface area contributed by atoms with Crippen molar-refractivity contribution in [2.75, 3.05) is 20.2 Å². The number of hydrogen-bond donors (Lipinski definition) is 4. The topological polar surface area (TPSA) is 193 Å². The summed E-state index contributed by atoms with van der Waals surface area (Å²) in [7, 11) is 1.48. The zero-order chi connectivity index (χ0) is 42.7. The van der Waals surface area contributed by atoms with Crippen molar-refractivity contribution in [3.8, 4) is 5.75 Å². The lowest BCUT2D eigenvalue weighted by Gasteiger charge is -2.32. The molecule has 0 fully saturated rings. The van der Waals surface area contributed by atoms with E-state index in [1.54, 1.807) is 77.1 Å². The molecule has 57 heavy (non-hydrogen) atoms. The van der Waals surface area contributed by atoms with Crippen LogP contribution < -0.4 is 21.1 Å². The van der Waals surface area contributed by atoms with Gasteiger partial charge in [0.2, 0.25) is 11.8 Å². The Kier molecular flexibility index (Phi) is 17.4. The Hall–Kier alpha value is -4.17. The van der Waals surface area contributed by atoms with E-state index >= 15 is 0 Å². The number of amides is 2. The molecule has 2 aromatic rings. The molecular weight excluding hydrogens is 777 g/mol. The maximum absolute atomic E-state index is 13.8. The molecule has 1 aliphatic rings. The van der Waals surface area contributed by atoms with Gasteiger partial charge in [0.15, 0.2) is 6.10 Å². The summed E-state index contributed by atoms with van der Waals surface area (Å²) in [5.41, 5.74) is 5.46. The number of alkyl halides is 1. The Morgan fingerprint density at radius 2 is 1.70 bits per heavy atom. The van der Waals surface area contributed by atoms with Gasteiger partial charge in [0.25, 0.3) is 0 Å². The summed E-state index contributed by atoms with van der Waals surface area (Å²) >= 11 is 13.1. The van der Waals surface area contributed by atoms with Crippen LogP contribution in [0, 0.1) is 22.7 Å². The molecule has 6 atom stereocenters. The number of halogens is 2. The van der Waals surface area contributed by atoms with Crippen LogP contribution in [0.15, 0.2) is 54.6 Å². The first kappa shape index (κ1) is 47.2. The van der Waals surface area contributed by atoms with Crippen LogP contribution in [0.1, 0.15) is 83.4 Å². The van der Waals surface area contributed by atoms with Crippen molar-refractivity contribution in [2.45, 2.75) is 104 Å². The number of methoxy groups -OCH3 is 1. The fourth-order valence-electron chi connectivity index (χ4n) is 5.73. The highest BCUT2D eigenvalue weighted by molar-refractivity contribution is 6.32. The van der Waals surface area contributed by atoms with E-state index in [2.05, 4.69) is 10.6 Å². The minimum Gasteiger partial charge on any atom is -0.495 e. The number of rotatable bonds is 13. The van der Waals surface area contributed by atoms with E-state index in [1.807, 2.05) is 13.8 Å². The average Bonchev–Trinajstić information content (AvgIpc) is 3.16. The molecule has 0 spiro atoms. The number of aliphatic hydroxyl groups is 1. The zero-order valence-electron chi connectivity index (χ0n) is 33.9. The first-order valence-electron chi connectivity index (χ1n) is 19.0. The molecule has 1 heterocycles. The fourth-order valence-corrected chi connectivity index (χ4v) is 6.38. The number of benzene rings is 2. The molecule has 2 amide bonds. The first-order chi connectivity index (χ1) is 26.7. The highest BCUT2D eigenvalue weighted by Gasteiger charge is 2.39. The van der Waals surface area contributed by atoms with E-state index in [0.29, 0.717) is 27.5 Å². The Labute approximate surface area is 345 Å². The standard InChI is InChI=1S/C42H57Cl2N3O10/c1-24(2)18-33-38(51)56-31(25(3)36(49)35(44)28-15-12-26(13-16-28)21-55-39(52)41(4,5)22-45)10-9-11-34(48)47-30(20-27-14-17-32(54-8)29(43)19-27)37(50)46-23-42(6,7)40(53)57-33/h9,11-17,19,24-25,30-31,33,35-36,49H,10,18,20-23,45H2,1-8H3,(H,46,50)(H,47,48)/t25-,30-,31+,33-,35?,36?/m0/s1. The van der Waals surface area contributed by atoms with Crippen molar-refractivity contribution in [3.05, 3.63) is 76.3 Å². The normalized spacial score (nSPS) is 21.4. The van der Waals surface area contributed by atoms with Gasteiger partial charge in [-0.05, 0) is 74.9 Å². The number of carbonyl (C=O) groups is 5. The van der Waals surface area contributed by atoms with Crippen molar-refractivity contribution < 1.29 is 48.0 Å². The van der Waals surface area contributed by atoms with Gasteiger partial charge in [-0.3, -0.25) is 19.2 Å². The summed E-state index contributed by atoms with van der Waals surface area (Å²) < 4.78 is 22.4. The van der Waals surface area contributed by atoms with Crippen LogP contribution in [0.3, 0.4) is 0 Å². The summed E-state index contributed by atoms with van der Waals surface area (Å²) in [4.78, 5) is 66.5. The van der Waals surface area contributed by atoms with Gasteiger partial charge in [0.1, 0.15) is 24.5 Å². The predicted molar refractivity (Wildman–Crippen MR) is 216 cm³/mol. The van der Waals surface area contributed by atoms with Gasteiger partial charge in [0, 0.05) is 31.8 Å². The molecule has 0 radical (unpaired) electrons. The second kappa shape index (κ2) is 21.0. The van der Waals surface area contributed by atoms with Crippen molar-refractivity contribution in [2.24, 2.45) is 28.4 Å². The Morgan fingerprint density at radius 1 is 1.05 bits per heavy atom. The van der Waals surface area contributed by atoms with E-state index < -0.39 is 76.2 Å². The Balaban J connectivity index is 1.90. The molecular formula is C42H57Cl2N3O10. The number of ether oxygens (including phenoxy) is 4. The molecule has 0 saturated carbocycles. The van der Waals surface area contributed by atoms with Gasteiger partial charge >= 0.3 is 17.9 Å². The van der Waals surface area contributed by atoms with E-state index in [4.69, 9.17) is 47.9 Å². The summed E-state index contributed by atoms with van der Waals surface area (Å²) in [6.07, 6.45) is -0.724. The molecule has 0 aliphatic carbocycles. The van der Waals surface area contributed by atoms with Crippen LogP contribution in [-0.4, -0.2) is 79.4 Å². The molecule has 13 nitrogen and oxygen atoms in total. The third kappa shape index (κ3) is 13.7. The van der Waals surface area contributed by atoms with Crippen LogP contribution >= 0.6 is 23.2 Å². The number of esters is 3. The lowest BCUT2D eigenvalue weighted by molar-refractivity contribution is -0.180. The van der Waals surface area contributed by atoms with E-state index in [1.165, 1.54) is 19.3 Å². The summed E-state index contributed by atoms with van der Waals surface area (Å²) in [6, 6.07) is 10.8. The lowest BCUT2D eigenvalue weighted by Crippen LogP contribution is -2.51. The van der Waals surface area contributed by atoms with Gasteiger partial charge in [-0.1, -0.05) is 68.8 Å². The molecule has 314 valence electrons. The first-order valence-corrected chi connectivity index (χ1v) is 19.8. The molecule has 1 aliphatic heterocycles. The summed E-state index contributed by atoms with van der Waals surface area (Å²) in [5, 5.41) is 16.4. The van der Waals surface area contributed by atoms with Gasteiger partial charge in [-0.15, -0.1) is 11.6 Å². The van der Waals surface area contributed by atoms with Gasteiger partial charge in [-0.25, -0.2) is 4.79 Å². The van der Waals surface area contributed by atoms with Crippen LogP contribution in [0.5, 0.6) is 5.75 Å². The fraction of sp³-hybridized carbons (Fsp3) is 0.548. The Morgan fingerprint density at radius 3 is 2.30 bits per heavy atom. The second-order valence-electron chi connectivity index (χ2n) is 16.1. The molecule has 2 unspecified atom stereocenters. The minimum atomic E-state index is -1.30. The van der Waals surface area contributed by atoms with Crippen molar-refractivity contribution in [3.63, 3.8) is 0 Å². The SMILES string of the molecule is COc1ccc(C[C@@H]2NC(=O)C=CC[C@H]([C@H](C)C(O)C(Cl)c3ccc(COC(=O)C(C)(C)CN)cc3)OC(=O)[C@H](CC(C)C)OC(=O)C(C)(C)CNC2=O)cc1Cl. The van der Waals surface area contributed by atoms with Crippen molar-refractivity contribution in [1.29, 1.82) is 0 Å². The summed E-state index contributed by atoms with van der Waals surface area (Å²) in [6.45, 7) is 11.9. The molecule has 3 rings (SSSR count). The van der Waals surface area contributed by atoms with Gasteiger partial charge in [0.05, 0.1) is 34.4 Å². The minimum absolute atomic E-state index is 0.0208. The quantitative estimate of drug-likeness (QED) is 0.116. The number of nitrogens with two attached hydrogens (primary N) is 1. The number of cyclic esters (lactones) is 2. The molecule has 0 bridgehead atoms. The molecule has 2 aromatic carbocycles. The van der Waals surface area contributed by atoms with Crippen LogP contribution in [-0.2, 0) is 51.2 Å². The van der Waals surface area contributed by atoms with Gasteiger partial charge in [-0.2, -0.15) is 0 Å². The second-order valence-corrected chi connectivity index (χ2v) is 17.0. The number of nitrogens with one attached hydrogen (secondary N) is 2. The summed E-state index contributed by atoms with van der Waals surface area (Å²) in [5.74, 6) is -3.59. The average molecular weight is 835 g/mol. The third-order valence-corrected chi connectivity index (χ3v) is 10.6. The van der Waals surface area contributed by atoms with E-state index in [-0.39, 0.29) is 44.9 Å². The molecule has 15 heteroatoms. The third-order valence-electron chi connectivity index (χ3n) is 9.80. The smallest absolute Gasteiger partial charge is 0.347 e. The van der Waals surface area contributed by atoms with E-state index in [0.717, 1.165) is 0 Å². The maximum Gasteiger partial charge on any atom is 0.347 e. The van der Waals surface area contributed by atoms with Crippen molar-refractivity contribution in [1.82, 2.24) is 10.6 Å². The van der Waals surface area contributed by atoms with Gasteiger partial charge < -0.3 is 40.4 Å². The number of hydrogen-bond acceptors (Lipinski definition) is 11. The predicted octanol–water partition coefficient (Wildman–Crippen LogP) is 5.35. The van der Waals surface area contributed by atoms with Crippen LogP contribution in [0.4, 0.5) is 0 Å². The maximum atomic E-state index is 13.8. The largest absolute Gasteiger partial charge is 0.495 e. The van der Waals surface area contributed by atoms with Crippen LogP contribution in [0.25, 0.3) is 0 Å². The lowest BCUT2D eigenvalue weighted by atomic mass is 9.90. The number of carbonyl (C=O) groups excluding carboxylic acids is 5. The number of aliphatic hydroxyl groups excluding tert-OH is 1. The Bertz CT molecular complexity index is 1750. The monoisotopic (exact) mass is 833 g/mol. The molecule has 0 aromatic heterocycles. The van der Waals surface area contributed by atoms with Crippen molar-refractivity contribution >= 4 is 52.9 Å². The zero-order valence-corrected chi connectivity index (χ0v) is 35.4. The molecule has 0 saturated heterocycles. The van der Waals surface area contributed by atoms with Crippen LogP contribution in [0.2, 0.25) is 5.02 Å².